The van der Waals surface area contributed by atoms with Crippen LogP contribution < -0.4 is 0 Å². The maximum Gasteiger partial charge on any atom is 0.306 e. The first-order chi connectivity index (χ1) is 6.70. The Hall–Kier alpha value is -0.180. The molecule has 2 nitrogen and oxygen atoms in total. The molecule has 0 aliphatic rings. The second-order valence-corrected chi connectivity index (χ2v) is 4.28. The van der Waals surface area contributed by atoms with Crippen molar-refractivity contribution in [2.24, 2.45) is 0 Å². The van der Waals surface area contributed by atoms with Crippen LogP contribution in [-0.2, 0) is 9.53 Å². The zero-order chi connectivity index (χ0) is 10.8. The summed E-state index contributed by atoms with van der Waals surface area (Å²) in [6.07, 6.45) is 5.93. The number of esters is 1. The SMILES string of the molecule is CCCCCCOC(=O)CC(S)CC. The molecule has 0 aromatic carbocycles. The van der Waals surface area contributed by atoms with Gasteiger partial charge in [0.25, 0.3) is 0 Å². The average molecular weight is 218 g/mol. The van der Waals surface area contributed by atoms with E-state index in [-0.39, 0.29) is 11.2 Å². The molecule has 1 unspecified atom stereocenters. The first kappa shape index (κ1) is 13.8. The van der Waals surface area contributed by atoms with E-state index in [1.54, 1.807) is 0 Å². The highest BCUT2D eigenvalue weighted by Crippen LogP contribution is 2.07. The number of unbranched alkanes of at least 4 members (excludes halogenated alkanes) is 3. The summed E-state index contributed by atoms with van der Waals surface area (Å²) in [7, 11) is 0. The zero-order valence-electron chi connectivity index (χ0n) is 9.29. The van der Waals surface area contributed by atoms with Crippen molar-refractivity contribution in [3.8, 4) is 0 Å². The first-order valence-corrected chi connectivity index (χ1v) is 6.06. The van der Waals surface area contributed by atoms with Gasteiger partial charge in [0, 0.05) is 5.25 Å². The highest BCUT2D eigenvalue weighted by molar-refractivity contribution is 7.81. The predicted octanol–water partition coefficient (Wildman–Crippen LogP) is 3.21. The van der Waals surface area contributed by atoms with E-state index < -0.39 is 0 Å². The van der Waals surface area contributed by atoms with Crippen LogP contribution in [0.3, 0.4) is 0 Å². The summed E-state index contributed by atoms with van der Waals surface area (Å²) in [4.78, 5) is 11.2. The quantitative estimate of drug-likeness (QED) is 0.385. The minimum absolute atomic E-state index is 0.108. The van der Waals surface area contributed by atoms with Crippen molar-refractivity contribution in [3.63, 3.8) is 0 Å². The van der Waals surface area contributed by atoms with Gasteiger partial charge in [0.1, 0.15) is 0 Å². The van der Waals surface area contributed by atoms with Crippen LogP contribution >= 0.6 is 12.6 Å². The highest BCUT2D eigenvalue weighted by Gasteiger charge is 2.08. The summed E-state index contributed by atoms with van der Waals surface area (Å²) in [5.74, 6) is -0.108. The van der Waals surface area contributed by atoms with E-state index in [0.717, 1.165) is 19.3 Å². The molecule has 0 N–H and O–H groups in total. The van der Waals surface area contributed by atoms with Crippen molar-refractivity contribution in [2.75, 3.05) is 6.61 Å². The zero-order valence-corrected chi connectivity index (χ0v) is 10.2. The number of hydrogen-bond acceptors (Lipinski definition) is 3. The van der Waals surface area contributed by atoms with Crippen LogP contribution in [0.2, 0.25) is 0 Å². The lowest BCUT2D eigenvalue weighted by atomic mass is 10.2. The van der Waals surface area contributed by atoms with E-state index in [0.29, 0.717) is 13.0 Å². The van der Waals surface area contributed by atoms with Crippen molar-refractivity contribution >= 4 is 18.6 Å². The van der Waals surface area contributed by atoms with Gasteiger partial charge in [-0.3, -0.25) is 4.79 Å². The van der Waals surface area contributed by atoms with Crippen molar-refractivity contribution < 1.29 is 9.53 Å². The molecule has 0 aromatic heterocycles. The third-order valence-electron chi connectivity index (χ3n) is 2.13. The number of rotatable bonds is 8. The largest absolute Gasteiger partial charge is 0.466 e. The van der Waals surface area contributed by atoms with Crippen molar-refractivity contribution in [1.29, 1.82) is 0 Å². The van der Waals surface area contributed by atoms with Gasteiger partial charge < -0.3 is 4.74 Å². The summed E-state index contributed by atoms with van der Waals surface area (Å²) >= 11 is 4.25. The number of thiol groups is 1. The van der Waals surface area contributed by atoms with E-state index in [2.05, 4.69) is 19.6 Å². The normalized spacial score (nSPS) is 12.5. The Balaban J connectivity index is 3.27. The second kappa shape index (κ2) is 9.38. The Morgan fingerprint density at radius 2 is 2.00 bits per heavy atom. The van der Waals surface area contributed by atoms with E-state index >= 15 is 0 Å². The van der Waals surface area contributed by atoms with Gasteiger partial charge in [0.05, 0.1) is 13.0 Å². The van der Waals surface area contributed by atoms with Gasteiger partial charge in [-0.15, -0.1) is 0 Å². The van der Waals surface area contributed by atoms with E-state index in [1.165, 1.54) is 12.8 Å². The molecule has 0 fully saturated rings. The van der Waals surface area contributed by atoms with Gasteiger partial charge in [-0.1, -0.05) is 33.1 Å². The smallest absolute Gasteiger partial charge is 0.306 e. The fraction of sp³-hybridized carbons (Fsp3) is 0.909. The molecular formula is C11H22O2S. The predicted molar refractivity (Wildman–Crippen MR) is 62.8 cm³/mol. The molecule has 0 amide bonds. The summed E-state index contributed by atoms with van der Waals surface area (Å²) in [6.45, 7) is 4.76. The maximum absolute atomic E-state index is 11.2. The summed E-state index contributed by atoms with van der Waals surface area (Å²) < 4.78 is 5.07. The summed E-state index contributed by atoms with van der Waals surface area (Å²) in [5, 5.41) is 0.151. The molecule has 0 radical (unpaired) electrons. The Morgan fingerprint density at radius 1 is 1.29 bits per heavy atom. The Morgan fingerprint density at radius 3 is 2.57 bits per heavy atom. The summed E-state index contributed by atoms with van der Waals surface area (Å²) in [6, 6.07) is 0. The molecule has 0 spiro atoms. The average Bonchev–Trinajstić information content (AvgIpc) is 2.17. The monoisotopic (exact) mass is 218 g/mol. The Labute approximate surface area is 92.8 Å². The number of ether oxygens (including phenoxy) is 1. The molecule has 0 saturated heterocycles. The lowest BCUT2D eigenvalue weighted by Crippen LogP contribution is -2.11. The molecule has 14 heavy (non-hydrogen) atoms. The van der Waals surface area contributed by atoms with E-state index in [9.17, 15) is 4.79 Å². The van der Waals surface area contributed by atoms with Crippen LogP contribution in [0.1, 0.15) is 52.4 Å². The summed E-state index contributed by atoms with van der Waals surface area (Å²) in [5.41, 5.74) is 0. The third kappa shape index (κ3) is 8.42. The van der Waals surface area contributed by atoms with E-state index in [1.807, 2.05) is 6.92 Å². The molecule has 0 aliphatic heterocycles. The molecule has 0 aromatic rings. The third-order valence-corrected chi connectivity index (χ3v) is 2.68. The fourth-order valence-electron chi connectivity index (χ4n) is 1.11. The molecule has 84 valence electrons. The Kier molecular flexibility index (Phi) is 9.26. The molecule has 0 aliphatic carbocycles. The van der Waals surface area contributed by atoms with Crippen LogP contribution in [0.5, 0.6) is 0 Å². The lowest BCUT2D eigenvalue weighted by Gasteiger charge is -2.07. The molecular weight excluding hydrogens is 196 g/mol. The van der Waals surface area contributed by atoms with Gasteiger partial charge >= 0.3 is 5.97 Å². The Bertz CT molecular complexity index is 148. The second-order valence-electron chi connectivity index (χ2n) is 3.55. The number of carbonyl (C=O) groups excluding carboxylic acids is 1. The molecule has 1 atom stereocenters. The van der Waals surface area contributed by atoms with E-state index in [4.69, 9.17) is 4.74 Å². The maximum atomic E-state index is 11.2. The molecule has 0 bridgehead atoms. The van der Waals surface area contributed by atoms with Crippen LogP contribution in [0.15, 0.2) is 0 Å². The van der Waals surface area contributed by atoms with Crippen molar-refractivity contribution in [1.82, 2.24) is 0 Å². The molecule has 3 heteroatoms. The molecule has 0 saturated carbocycles. The van der Waals surface area contributed by atoms with Crippen LogP contribution in [0, 0.1) is 0 Å². The number of hydrogen-bond donors (Lipinski definition) is 1. The molecule has 0 heterocycles. The van der Waals surface area contributed by atoms with Crippen LogP contribution in [-0.4, -0.2) is 17.8 Å². The van der Waals surface area contributed by atoms with Gasteiger partial charge in [0.15, 0.2) is 0 Å². The number of carbonyl (C=O) groups is 1. The van der Waals surface area contributed by atoms with Crippen LogP contribution in [0.4, 0.5) is 0 Å². The minimum Gasteiger partial charge on any atom is -0.466 e. The van der Waals surface area contributed by atoms with Crippen molar-refractivity contribution in [3.05, 3.63) is 0 Å². The standard InChI is InChI=1S/C11H22O2S/c1-3-5-6-7-8-13-11(12)9-10(14)4-2/h10,14H,3-9H2,1-2H3. The van der Waals surface area contributed by atoms with Gasteiger partial charge in [-0.25, -0.2) is 0 Å². The van der Waals surface area contributed by atoms with Crippen LogP contribution in [0.25, 0.3) is 0 Å². The minimum atomic E-state index is -0.108. The topological polar surface area (TPSA) is 26.3 Å². The fourth-order valence-corrected chi connectivity index (χ4v) is 1.26. The van der Waals surface area contributed by atoms with Crippen molar-refractivity contribution in [2.45, 2.75) is 57.6 Å². The molecule has 0 rings (SSSR count). The first-order valence-electron chi connectivity index (χ1n) is 5.54. The highest BCUT2D eigenvalue weighted by atomic mass is 32.1. The van der Waals surface area contributed by atoms with Gasteiger partial charge in [-0.2, -0.15) is 12.6 Å². The van der Waals surface area contributed by atoms with Gasteiger partial charge in [-0.05, 0) is 12.8 Å². The lowest BCUT2D eigenvalue weighted by molar-refractivity contribution is -0.143. The van der Waals surface area contributed by atoms with Gasteiger partial charge in [0.2, 0.25) is 0 Å².